The van der Waals surface area contributed by atoms with Crippen LogP contribution in [-0.4, -0.2) is 51.1 Å². The first-order valence-electron chi connectivity index (χ1n) is 5.72. The SMILES string of the molecule is COC(=O)c1cc(N2CCS(=O)(=O)CC2)ncc1N. The van der Waals surface area contributed by atoms with Crippen molar-refractivity contribution in [1.29, 1.82) is 0 Å². The Labute approximate surface area is 111 Å². The maximum atomic E-state index is 11.5. The summed E-state index contributed by atoms with van der Waals surface area (Å²) in [4.78, 5) is 17.5. The second-order valence-electron chi connectivity index (χ2n) is 4.26. The highest BCUT2D eigenvalue weighted by Crippen LogP contribution is 2.20. The van der Waals surface area contributed by atoms with E-state index in [-0.39, 0.29) is 22.8 Å². The third-order valence-electron chi connectivity index (χ3n) is 2.99. The number of aromatic nitrogens is 1. The van der Waals surface area contributed by atoms with E-state index < -0.39 is 15.8 Å². The molecule has 0 aromatic carbocycles. The summed E-state index contributed by atoms with van der Waals surface area (Å²) in [6.45, 7) is 0.722. The highest BCUT2D eigenvalue weighted by Gasteiger charge is 2.23. The molecule has 1 aromatic heterocycles. The molecule has 0 saturated carbocycles. The standard InChI is InChI=1S/C11H15N3O4S/c1-18-11(15)8-6-10(13-7-9(8)12)14-2-4-19(16,17)5-3-14/h6-7H,2-5,12H2,1H3. The maximum Gasteiger partial charge on any atom is 0.340 e. The number of rotatable bonds is 2. The third kappa shape index (κ3) is 2.95. The molecule has 7 nitrogen and oxygen atoms in total. The van der Waals surface area contributed by atoms with E-state index in [1.807, 2.05) is 4.90 Å². The highest BCUT2D eigenvalue weighted by molar-refractivity contribution is 7.91. The quantitative estimate of drug-likeness (QED) is 0.743. The van der Waals surface area contributed by atoms with E-state index in [4.69, 9.17) is 5.73 Å². The van der Waals surface area contributed by atoms with E-state index in [0.717, 1.165) is 0 Å². The number of esters is 1. The van der Waals surface area contributed by atoms with Crippen molar-refractivity contribution in [2.24, 2.45) is 0 Å². The molecule has 0 amide bonds. The van der Waals surface area contributed by atoms with Crippen LogP contribution in [0, 0.1) is 0 Å². The first kappa shape index (κ1) is 13.6. The van der Waals surface area contributed by atoms with Crippen LogP contribution >= 0.6 is 0 Å². The molecule has 104 valence electrons. The molecule has 0 unspecified atom stereocenters. The minimum absolute atomic E-state index is 0.0899. The van der Waals surface area contributed by atoms with Crippen molar-refractivity contribution >= 4 is 27.3 Å². The zero-order valence-electron chi connectivity index (χ0n) is 10.5. The number of pyridine rings is 1. The van der Waals surface area contributed by atoms with Crippen LogP contribution < -0.4 is 10.6 Å². The maximum absolute atomic E-state index is 11.5. The lowest BCUT2D eigenvalue weighted by atomic mass is 10.2. The Balaban J connectivity index is 2.24. The van der Waals surface area contributed by atoms with E-state index in [2.05, 4.69) is 9.72 Å². The van der Waals surface area contributed by atoms with Gasteiger partial charge in [0.1, 0.15) is 5.82 Å². The van der Waals surface area contributed by atoms with Crippen molar-refractivity contribution in [2.75, 3.05) is 42.3 Å². The van der Waals surface area contributed by atoms with Gasteiger partial charge in [0, 0.05) is 13.1 Å². The molecule has 1 aromatic rings. The monoisotopic (exact) mass is 285 g/mol. The number of carbonyl (C=O) groups excluding carboxylic acids is 1. The largest absolute Gasteiger partial charge is 0.465 e. The van der Waals surface area contributed by atoms with Gasteiger partial charge in [0.2, 0.25) is 0 Å². The van der Waals surface area contributed by atoms with Crippen LogP contribution in [-0.2, 0) is 14.6 Å². The molecule has 0 spiro atoms. The molecule has 2 heterocycles. The number of hydrogen-bond acceptors (Lipinski definition) is 7. The normalized spacial score (nSPS) is 18.1. The van der Waals surface area contributed by atoms with E-state index >= 15 is 0 Å². The molecule has 19 heavy (non-hydrogen) atoms. The first-order chi connectivity index (χ1) is 8.93. The van der Waals surface area contributed by atoms with Crippen molar-refractivity contribution < 1.29 is 17.9 Å². The molecule has 2 rings (SSSR count). The zero-order chi connectivity index (χ0) is 14.0. The molecule has 0 bridgehead atoms. The molecule has 1 aliphatic rings. The number of hydrogen-bond donors (Lipinski definition) is 1. The summed E-state index contributed by atoms with van der Waals surface area (Å²) in [7, 11) is -1.68. The topological polar surface area (TPSA) is 103 Å². The van der Waals surface area contributed by atoms with E-state index in [9.17, 15) is 13.2 Å². The van der Waals surface area contributed by atoms with Crippen molar-refractivity contribution in [3.8, 4) is 0 Å². The average molecular weight is 285 g/mol. The summed E-state index contributed by atoms with van der Waals surface area (Å²) in [6.07, 6.45) is 1.38. The highest BCUT2D eigenvalue weighted by atomic mass is 32.2. The second kappa shape index (κ2) is 5.04. The van der Waals surface area contributed by atoms with Crippen LogP contribution in [0.1, 0.15) is 10.4 Å². The average Bonchev–Trinajstić information content (AvgIpc) is 2.39. The minimum Gasteiger partial charge on any atom is -0.465 e. The van der Waals surface area contributed by atoms with Gasteiger partial charge in [0.05, 0.1) is 36.1 Å². The molecule has 1 fully saturated rings. The predicted octanol–water partition coefficient (Wildman–Crippen LogP) is -0.315. The summed E-state index contributed by atoms with van der Waals surface area (Å²) < 4.78 is 27.4. The van der Waals surface area contributed by atoms with Gasteiger partial charge in [-0.05, 0) is 6.07 Å². The molecule has 1 saturated heterocycles. The Hall–Kier alpha value is -1.83. The van der Waals surface area contributed by atoms with Crippen LogP contribution in [0.2, 0.25) is 0 Å². The van der Waals surface area contributed by atoms with Crippen molar-refractivity contribution in [3.63, 3.8) is 0 Å². The van der Waals surface area contributed by atoms with Gasteiger partial charge in [0.15, 0.2) is 9.84 Å². The Bertz CT molecular complexity index is 586. The number of nitrogens with zero attached hydrogens (tertiary/aromatic N) is 2. The number of anilines is 2. The molecule has 1 aliphatic heterocycles. The minimum atomic E-state index is -2.95. The number of ether oxygens (including phenoxy) is 1. The van der Waals surface area contributed by atoms with Crippen molar-refractivity contribution in [1.82, 2.24) is 4.98 Å². The fourth-order valence-electron chi connectivity index (χ4n) is 1.86. The van der Waals surface area contributed by atoms with Crippen LogP contribution in [0.25, 0.3) is 0 Å². The predicted molar refractivity (Wildman–Crippen MR) is 70.9 cm³/mol. The van der Waals surface area contributed by atoms with Gasteiger partial charge in [-0.2, -0.15) is 0 Å². The van der Waals surface area contributed by atoms with Gasteiger partial charge in [-0.1, -0.05) is 0 Å². The molecule has 2 N–H and O–H groups in total. The lowest BCUT2D eigenvalue weighted by Gasteiger charge is -2.28. The molecule has 0 aliphatic carbocycles. The fourth-order valence-corrected chi connectivity index (χ4v) is 3.06. The van der Waals surface area contributed by atoms with Crippen LogP contribution in [0.15, 0.2) is 12.3 Å². The van der Waals surface area contributed by atoms with Gasteiger partial charge >= 0.3 is 5.97 Å². The van der Waals surface area contributed by atoms with Gasteiger partial charge in [0.25, 0.3) is 0 Å². The Morgan fingerprint density at radius 2 is 2.05 bits per heavy atom. The summed E-state index contributed by atoms with van der Waals surface area (Å²) >= 11 is 0. The number of carbonyl (C=O) groups is 1. The lowest BCUT2D eigenvalue weighted by Crippen LogP contribution is -2.40. The van der Waals surface area contributed by atoms with Gasteiger partial charge in [-0.25, -0.2) is 18.2 Å². The Morgan fingerprint density at radius 3 is 2.63 bits per heavy atom. The molecular weight excluding hydrogens is 270 g/mol. The number of nitrogens with two attached hydrogens (primary N) is 1. The molecule has 8 heteroatoms. The van der Waals surface area contributed by atoms with Crippen molar-refractivity contribution in [2.45, 2.75) is 0 Å². The number of methoxy groups -OCH3 is 1. The van der Waals surface area contributed by atoms with Crippen LogP contribution in [0.3, 0.4) is 0 Å². The summed E-state index contributed by atoms with van der Waals surface area (Å²) in [5.41, 5.74) is 6.13. The van der Waals surface area contributed by atoms with Gasteiger partial charge < -0.3 is 15.4 Å². The number of nitrogen functional groups attached to an aromatic ring is 1. The smallest absolute Gasteiger partial charge is 0.340 e. The first-order valence-corrected chi connectivity index (χ1v) is 7.54. The molecular formula is C11H15N3O4S. The zero-order valence-corrected chi connectivity index (χ0v) is 11.3. The van der Waals surface area contributed by atoms with E-state index in [1.54, 1.807) is 0 Å². The van der Waals surface area contributed by atoms with Crippen LogP contribution in [0.4, 0.5) is 11.5 Å². The summed E-state index contributed by atoms with van der Waals surface area (Å²) in [5.74, 6) is 0.175. The summed E-state index contributed by atoms with van der Waals surface area (Å²) in [6, 6.07) is 1.53. The third-order valence-corrected chi connectivity index (χ3v) is 4.60. The number of sulfone groups is 1. The summed E-state index contributed by atoms with van der Waals surface area (Å²) in [5, 5.41) is 0. The Morgan fingerprint density at radius 1 is 1.42 bits per heavy atom. The second-order valence-corrected chi connectivity index (χ2v) is 6.56. The Kier molecular flexibility index (Phi) is 3.61. The van der Waals surface area contributed by atoms with Crippen LogP contribution in [0.5, 0.6) is 0 Å². The van der Waals surface area contributed by atoms with E-state index in [0.29, 0.717) is 18.9 Å². The van der Waals surface area contributed by atoms with Crippen molar-refractivity contribution in [3.05, 3.63) is 17.8 Å². The van der Waals surface area contributed by atoms with Gasteiger partial charge in [-0.3, -0.25) is 0 Å². The lowest BCUT2D eigenvalue weighted by molar-refractivity contribution is 0.0602. The van der Waals surface area contributed by atoms with E-state index in [1.165, 1.54) is 19.4 Å². The van der Waals surface area contributed by atoms with Gasteiger partial charge in [-0.15, -0.1) is 0 Å². The molecule has 0 radical (unpaired) electrons. The fraction of sp³-hybridized carbons (Fsp3) is 0.455. The molecule has 0 atom stereocenters.